The second-order valence-electron chi connectivity index (χ2n) is 5.21. The lowest BCUT2D eigenvalue weighted by Crippen LogP contribution is -2.26. The number of nitrogens with zero attached hydrogens (tertiary/aromatic N) is 1. The molecule has 0 aliphatic rings. The van der Waals surface area contributed by atoms with Gasteiger partial charge in [-0.25, -0.2) is 0 Å². The largest absolute Gasteiger partial charge is 0.489 e. The first-order valence-electron chi connectivity index (χ1n) is 7.80. The minimum absolute atomic E-state index is 0.140. The van der Waals surface area contributed by atoms with Gasteiger partial charge in [0.2, 0.25) is 5.91 Å². The van der Waals surface area contributed by atoms with Crippen LogP contribution < -0.4 is 10.1 Å². The molecule has 0 aliphatic heterocycles. The van der Waals surface area contributed by atoms with Gasteiger partial charge in [-0.15, -0.1) is 0 Å². The van der Waals surface area contributed by atoms with E-state index in [-0.39, 0.29) is 5.91 Å². The second-order valence-corrected chi connectivity index (χ2v) is 5.21. The summed E-state index contributed by atoms with van der Waals surface area (Å²) >= 11 is 0. The normalized spacial score (nSPS) is 10.8. The quantitative estimate of drug-likeness (QED) is 0.559. The molecule has 0 aliphatic carbocycles. The number of aromatic nitrogens is 1. The zero-order chi connectivity index (χ0) is 16.6. The van der Waals surface area contributed by atoms with Gasteiger partial charge in [0.05, 0.1) is 6.54 Å². The topological polar surface area (TPSA) is 51.2 Å². The van der Waals surface area contributed by atoms with Gasteiger partial charge >= 0.3 is 0 Å². The van der Waals surface area contributed by atoms with Crippen LogP contribution in [0.5, 0.6) is 5.75 Å². The van der Waals surface area contributed by atoms with E-state index in [1.54, 1.807) is 12.3 Å². The minimum atomic E-state index is -0.140. The van der Waals surface area contributed by atoms with Gasteiger partial charge in [0.25, 0.3) is 0 Å². The molecule has 24 heavy (non-hydrogen) atoms. The first-order chi connectivity index (χ1) is 11.8. The highest BCUT2D eigenvalue weighted by atomic mass is 16.5. The van der Waals surface area contributed by atoms with Crippen LogP contribution in [0.2, 0.25) is 0 Å². The van der Waals surface area contributed by atoms with Crippen LogP contribution in [-0.4, -0.2) is 24.0 Å². The van der Waals surface area contributed by atoms with Crippen LogP contribution in [0.15, 0.2) is 72.9 Å². The Morgan fingerprint density at radius 1 is 1.04 bits per heavy atom. The lowest BCUT2D eigenvalue weighted by atomic mass is 10.2. The maximum atomic E-state index is 11.8. The highest BCUT2D eigenvalue weighted by molar-refractivity contribution is 5.91. The lowest BCUT2D eigenvalue weighted by molar-refractivity contribution is -0.116. The van der Waals surface area contributed by atoms with Gasteiger partial charge in [-0.2, -0.15) is 0 Å². The number of pyridine rings is 1. The van der Waals surface area contributed by atoms with Crippen molar-refractivity contribution in [1.82, 2.24) is 10.3 Å². The molecule has 0 spiro atoms. The van der Waals surface area contributed by atoms with Crippen LogP contribution >= 0.6 is 0 Å². The van der Waals surface area contributed by atoms with E-state index in [2.05, 4.69) is 10.3 Å². The average Bonchev–Trinajstić information content (AvgIpc) is 2.64. The Kier molecular flexibility index (Phi) is 5.20. The molecule has 0 unspecified atom stereocenters. The number of nitrogens with one attached hydrogen (secondary N) is 1. The number of rotatable bonds is 6. The summed E-state index contributed by atoms with van der Waals surface area (Å²) in [6, 6.07) is 19.4. The molecule has 0 radical (unpaired) electrons. The maximum Gasteiger partial charge on any atom is 0.244 e. The Morgan fingerprint density at radius 2 is 1.88 bits per heavy atom. The number of para-hydroxylation sites is 1. The molecule has 4 nitrogen and oxygen atoms in total. The van der Waals surface area contributed by atoms with E-state index in [0.29, 0.717) is 13.2 Å². The number of carbonyl (C=O) groups is 1. The van der Waals surface area contributed by atoms with Gasteiger partial charge in [-0.05, 0) is 23.8 Å². The van der Waals surface area contributed by atoms with E-state index in [9.17, 15) is 4.79 Å². The predicted octanol–water partition coefficient (Wildman–Crippen LogP) is 3.44. The fraction of sp³-hybridized carbons (Fsp3) is 0.100. The molecule has 0 bridgehead atoms. The summed E-state index contributed by atoms with van der Waals surface area (Å²) in [4.78, 5) is 16.1. The molecule has 0 fully saturated rings. The van der Waals surface area contributed by atoms with E-state index < -0.39 is 0 Å². The monoisotopic (exact) mass is 318 g/mol. The third-order valence-electron chi connectivity index (χ3n) is 3.48. The molecule has 1 aromatic heterocycles. The summed E-state index contributed by atoms with van der Waals surface area (Å²) in [6.45, 7) is 0.821. The van der Waals surface area contributed by atoms with Crippen molar-refractivity contribution in [3.63, 3.8) is 0 Å². The van der Waals surface area contributed by atoms with E-state index in [1.165, 1.54) is 6.08 Å². The van der Waals surface area contributed by atoms with Gasteiger partial charge in [0.1, 0.15) is 17.9 Å². The van der Waals surface area contributed by atoms with E-state index in [1.807, 2.05) is 60.7 Å². The Balaban J connectivity index is 1.48. The molecule has 0 saturated heterocycles. The molecule has 1 heterocycles. The Labute approximate surface area is 140 Å². The molecule has 3 aromatic rings. The van der Waals surface area contributed by atoms with Gasteiger partial charge < -0.3 is 10.1 Å². The summed E-state index contributed by atoms with van der Waals surface area (Å²) in [5.41, 5.74) is 1.82. The number of benzene rings is 2. The molecule has 120 valence electrons. The molecular formula is C20H18N2O2. The standard InChI is InChI=1S/C20H18N2O2/c23-19(12-11-16-6-2-1-3-7-16)21-14-15-24-18-10-4-8-17-9-5-13-22-20(17)18/h1-13H,14-15H2,(H,21,23). The molecule has 1 N–H and O–H groups in total. The predicted molar refractivity (Wildman–Crippen MR) is 95.7 cm³/mol. The number of ether oxygens (including phenoxy) is 1. The van der Waals surface area contributed by atoms with Crippen molar-refractivity contribution in [3.05, 3.63) is 78.5 Å². The van der Waals surface area contributed by atoms with Crippen molar-refractivity contribution >= 4 is 22.9 Å². The highest BCUT2D eigenvalue weighted by Gasteiger charge is 2.02. The molecule has 2 aromatic carbocycles. The first-order valence-corrected chi connectivity index (χ1v) is 7.80. The minimum Gasteiger partial charge on any atom is -0.489 e. The third kappa shape index (κ3) is 4.20. The third-order valence-corrected chi connectivity index (χ3v) is 3.48. The van der Waals surface area contributed by atoms with Gasteiger partial charge in [-0.3, -0.25) is 9.78 Å². The molecule has 3 rings (SSSR count). The number of carbonyl (C=O) groups excluding carboxylic acids is 1. The van der Waals surface area contributed by atoms with Gasteiger partial charge in [0, 0.05) is 17.7 Å². The van der Waals surface area contributed by atoms with Crippen molar-refractivity contribution < 1.29 is 9.53 Å². The summed E-state index contributed by atoms with van der Waals surface area (Å²) in [5, 5.41) is 3.83. The molecule has 0 atom stereocenters. The molecule has 1 amide bonds. The van der Waals surface area contributed by atoms with E-state index in [0.717, 1.165) is 22.2 Å². The SMILES string of the molecule is O=C(C=Cc1ccccc1)NCCOc1cccc2cccnc12. The molecule has 0 saturated carbocycles. The van der Waals surface area contributed by atoms with Crippen LogP contribution in [0.4, 0.5) is 0 Å². The summed E-state index contributed by atoms with van der Waals surface area (Å²) in [5.74, 6) is 0.584. The second kappa shape index (κ2) is 7.92. The molecular weight excluding hydrogens is 300 g/mol. The van der Waals surface area contributed by atoms with Crippen molar-refractivity contribution in [2.45, 2.75) is 0 Å². The fourth-order valence-corrected chi connectivity index (χ4v) is 2.32. The fourth-order valence-electron chi connectivity index (χ4n) is 2.32. The van der Waals surface area contributed by atoms with Gasteiger partial charge in [-0.1, -0.05) is 48.5 Å². The van der Waals surface area contributed by atoms with Crippen LogP contribution in [0.1, 0.15) is 5.56 Å². The number of fused-ring (bicyclic) bond motifs is 1. The van der Waals surface area contributed by atoms with Crippen LogP contribution in [0.25, 0.3) is 17.0 Å². The number of amides is 1. The van der Waals surface area contributed by atoms with Crippen molar-refractivity contribution in [1.29, 1.82) is 0 Å². The van der Waals surface area contributed by atoms with Crippen LogP contribution in [0.3, 0.4) is 0 Å². The Hall–Kier alpha value is -3.14. The Morgan fingerprint density at radius 3 is 2.75 bits per heavy atom. The summed E-state index contributed by atoms with van der Waals surface area (Å²) in [7, 11) is 0. The van der Waals surface area contributed by atoms with E-state index in [4.69, 9.17) is 4.74 Å². The number of hydrogen-bond donors (Lipinski definition) is 1. The average molecular weight is 318 g/mol. The zero-order valence-corrected chi connectivity index (χ0v) is 13.2. The first kappa shape index (κ1) is 15.7. The van der Waals surface area contributed by atoms with Crippen LogP contribution in [0, 0.1) is 0 Å². The number of hydrogen-bond acceptors (Lipinski definition) is 3. The van der Waals surface area contributed by atoms with E-state index >= 15 is 0 Å². The van der Waals surface area contributed by atoms with Crippen LogP contribution in [-0.2, 0) is 4.79 Å². The zero-order valence-electron chi connectivity index (χ0n) is 13.2. The summed E-state index contributed by atoms with van der Waals surface area (Å²) < 4.78 is 5.73. The maximum absolute atomic E-state index is 11.8. The van der Waals surface area contributed by atoms with Crippen molar-refractivity contribution in [3.8, 4) is 5.75 Å². The van der Waals surface area contributed by atoms with Crippen molar-refractivity contribution in [2.75, 3.05) is 13.2 Å². The van der Waals surface area contributed by atoms with Gasteiger partial charge in [0.15, 0.2) is 0 Å². The van der Waals surface area contributed by atoms with Crippen molar-refractivity contribution in [2.24, 2.45) is 0 Å². The summed E-state index contributed by atoms with van der Waals surface area (Å²) in [6.07, 6.45) is 5.05. The highest BCUT2D eigenvalue weighted by Crippen LogP contribution is 2.22. The Bertz CT molecular complexity index is 839. The molecule has 4 heteroatoms. The lowest BCUT2D eigenvalue weighted by Gasteiger charge is -2.08. The smallest absolute Gasteiger partial charge is 0.244 e.